The molecule has 0 atom stereocenters. The molecule has 2 heterocycles. The topological polar surface area (TPSA) is 128 Å². The molecule has 160 valence electrons. The Morgan fingerprint density at radius 3 is 2.40 bits per heavy atom. The second-order valence-corrected chi connectivity index (χ2v) is 7.19. The highest BCUT2D eigenvalue weighted by atomic mass is 35.5. The number of halogens is 2. The van der Waals surface area contributed by atoms with Gasteiger partial charge in [-0.05, 0) is 24.0 Å². The summed E-state index contributed by atoms with van der Waals surface area (Å²) in [6.45, 7) is 2.94. The maximum atomic E-state index is 14.0. The number of hydrogen-bond donors (Lipinski definition) is 0. The van der Waals surface area contributed by atoms with Gasteiger partial charge in [-0.3, -0.25) is 19.8 Å². The Morgan fingerprint density at radius 1 is 1.20 bits per heavy atom. The fourth-order valence-electron chi connectivity index (χ4n) is 3.30. The van der Waals surface area contributed by atoms with E-state index in [1.54, 1.807) is 6.07 Å². The molecule has 13 heteroatoms. The van der Waals surface area contributed by atoms with Crippen LogP contribution in [0.15, 0.2) is 18.2 Å². The first-order chi connectivity index (χ1) is 14.2. The Labute approximate surface area is 174 Å². The minimum atomic E-state index is -0.946. The summed E-state index contributed by atoms with van der Waals surface area (Å²) in [5.74, 6) is -1.65. The van der Waals surface area contributed by atoms with Gasteiger partial charge in [0.2, 0.25) is 5.91 Å². The van der Waals surface area contributed by atoms with Crippen molar-refractivity contribution in [3.63, 3.8) is 0 Å². The van der Waals surface area contributed by atoms with Crippen molar-refractivity contribution in [1.82, 2.24) is 19.6 Å². The van der Waals surface area contributed by atoms with Crippen molar-refractivity contribution < 1.29 is 19.0 Å². The number of benzene rings is 1. The number of carbonyl (C=O) groups excluding carboxylic acids is 1. The second kappa shape index (κ2) is 8.71. The number of aromatic nitrogens is 2. The van der Waals surface area contributed by atoms with Crippen LogP contribution < -0.4 is 0 Å². The van der Waals surface area contributed by atoms with E-state index in [9.17, 15) is 29.4 Å². The molecule has 1 fully saturated rings. The lowest BCUT2D eigenvalue weighted by Gasteiger charge is -2.34. The lowest BCUT2D eigenvalue weighted by molar-refractivity contribution is -0.424. The third-order valence-corrected chi connectivity index (χ3v) is 5.32. The molecule has 1 aliphatic heterocycles. The fourth-order valence-corrected chi connectivity index (χ4v) is 3.52. The van der Waals surface area contributed by atoms with Gasteiger partial charge < -0.3 is 15.0 Å². The van der Waals surface area contributed by atoms with Gasteiger partial charge >= 0.3 is 11.5 Å². The average molecular weight is 441 g/mol. The fraction of sp³-hybridized carbons (Fsp3) is 0.412. The quantitative estimate of drug-likeness (QED) is 0.497. The maximum Gasteiger partial charge on any atom is 0.468 e. The van der Waals surface area contributed by atoms with E-state index in [1.165, 1.54) is 24.0 Å². The van der Waals surface area contributed by atoms with Gasteiger partial charge in [0.1, 0.15) is 18.1 Å². The molecular weight excluding hydrogens is 423 g/mol. The molecule has 30 heavy (non-hydrogen) atoms. The van der Waals surface area contributed by atoms with Gasteiger partial charge in [0.05, 0.1) is 10.0 Å². The largest absolute Gasteiger partial charge is 0.468 e. The van der Waals surface area contributed by atoms with Crippen LogP contribution in [0.1, 0.15) is 11.3 Å². The Hall–Kier alpha value is -3.12. The maximum absolute atomic E-state index is 14.0. The number of nitro groups is 2. The van der Waals surface area contributed by atoms with Crippen LogP contribution in [0.5, 0.6) is 0 Å². The summed E-state index contributed by atoms with van der Waals surface area (Å²) in [5, 5.41) is 26.1. The van der Waals surface area contributed by atoms with E-state index >= 15 is 0 Å². The van der Waals surface area contributed by atoms with E-state index in [2.05, 4.69) is 5.10 Å². The predicted octanol–water partition coefficient (Wildman–Crippen LogP) is 2.14. The van der Waals surface area contributed by atoms with Crippen molar-refractivity contribution in [2.75, 3.05) is 26.2 Å². The molecular formula is C17H18ClFN6O5. The highest BCUT2D eigenvalue weighted by Gasteiger charge is 2.36. The molecule has 0 unspecified atom stereocenters. The molecule has 1 saturated heterocycles. The van der Waals surface area contributed by atoms with Crippen LogP contribution in [-0.2, 0) is 17.9 Å². The molecule has 2 aromatic rings. The zero-order valence-corrected chi connectivity index (χ0v) is 16.7. The molecule has 1 aromatic carbocycles. The molecule has 11 nitrogen and oxygen atoms in total. The summed E-state index contributed by atoms with van der Waals surface area (Å²) in [7, 11) is 0. The van der Waals surface area contributed by atoms with E-state index in [0.717, 1.165) is 4.68 Å². The Morgan fingerprint density at radius 2 is 1.87 bits per heavy atom. The SMILES string of the molecule is Cc1c([N+](=O)[O-])c([N+](=O)[O-])nn1CC(=O)N1CCN(Cc2c(F)cccc2Cl)CC1. The number of hydrogen-bond acceptors (Lipinski definition) is 7. The first kappa shape index (κ1) is 21.6. The first-order valence-electron chi connectivity index (χ1n) is 8.98. The molecule has 0 aliphatic carbocycles. The second-order valence-electron chi connectivity index (χ2n) is 6.79. The van der Waals surface area contributed by atoms with E-state index < -0.39 is 27.2 Å². The molecule has 0 radical (unpaired) electrons. The van der Waals surface area contributed by atoms with Crippen LogP contribution in [0.2, 0.25) is 5.02 Å². The zero-order chi connectivity index (χ0) is 22.0. The number of piperazine rings is 1. The highest BCUT2D eigenvalue weighted by molar-refractivity contribution is 6.31. The van der Waals surface area contributed by atoms with Gasteiger partial charge in [0, 0.05) is 43.3 Å². The lowest BCUT2D eigenvalue weighted by atomic mass is 10.2. The van der Waals surface area contributed by atoms with Crippen LogP contribution in [0.25, 0.3) is 0 Å². The number of rotatable bonds is 6. The van der Waals surface area contributed by atoms with Crippen molar-refractivity contribution in [3.05, 3.63) is 60.5 Å². The molecule has 0 N–H and O–H groups in total. The van der Waals surface area contributed by atoms with Crippen LogP contribution >= 0.6 is 11.6 Å². The van der Waals surface area contributed by atoms with E-state index in [0.29, 0.717) is 43.3 Å². The molecule has 0 bridgehead atoms. The van der Waals surface area contributed by atoms with Gasteiger partial charge in [-0.15, -0.1) is 0 Å². The number of amides is 1. The first-order valence-corrected chi connectivity index (χ1v) is 9.36. The summed E-state index contributed by atoms with van der Waals surface area (Å²) in [5.41, 5.74) is -0.391. The normalized spacial score (nSPS) is 14.7. The van der Waals surface area contributed by atoms with Crippen molar-refractivity contribution >= 4 is 29.0 Å². The molecule has 3 rings (SSSR count). The Kier molecular flexibility index (Phi) is 6.27. The molecule has 0 saturated carbocycles. The minimum Gasteiger partial charge on any atom is -0.358 e. The van der Waals surface area contributed by atoms with E-state index in [-0.39, 0.29) is 18.1 Å². The smallest absolute Gasteiger partial charge is 0.358 e. The standard InChI is InChI=1S/C17H18ClFN6O5/c1-11-16(24(27)28)17(25(29)30)20-23(11)10-15(26)22-7-5-21(6-8-22)9-12-13(18)3-2-4-14(12)19/h2-4H,5-10H2,1H3. The summed E-state index contributed by atoms with van der Waals surface area (Å²) in [4.78, 5) is 36.3. The lowest BCUT2D eigenvalue weighted by Crippen LogP contribution is -2.49. The van der Waals surface area contributed by atoms with Crippen LogP contribution in [0, 0.1) is 33.0 Å². The summed E-state index contributed by atoms with van der Waals surface area (Å²) in [6, 6.07) is 4.49. The van der Waals surface area contributed by atoms with Gasteiger partial charge in [-0.2, -0.15) is 4.68 Å². The Balaban J connectivity index is 1.63. The van der Waals surface area contributed by atoms with Gasteiger partial charge in [0.25, 0.3) is 0 Å². The van der Waals surface area contributed by atoms with E-state index in [4.69, 9.17) is 11.6 Å². The summed E-state index contributed by atoms with van der Waals surface area (Å²) >= 11 is 6.06. The van der Waals surface area contributed by atoms with E-state index in [1.807, 2.05) is 4.90 Å². The highest BCUT2D eigenvalue weighted by Crippen LogP contribution is 2.29. The summed E-state index contributed by atoms with van der Waals surface area (Å²) in [6.07, 6.45) is 0. The average Bonchev–Trinajstić information content (AvgIpc) is 3.02. The third kappa shape index (κ3) is 4.39. The Bertz CT molecular complexity index is 985. The van der Waals surface area contributed by atoms with Crippen molar-refractivity contribution in [1.29, 1.82) is 0 Å². The molecule has 0 spiro atoms. The monoisotopic (exact) mass is 440 g/mol. The molecule has 1 aromatic heterocycles. The van der Waals surface area contributed by atoms with Gasteiger partial charge in [-0.1, -0.05) is 17.7 Å². The van der Waals surface area contributed by atoms with Crippen molar-refractivity contribution in [2.45, 2.75) is 20.0 Å². The van der Waals surface area contributed by atoms with Gasteiger partial charge in [0.15, 0.2) is 0 Å². The molecule has 1 amide bonds. The van der Waals surface area contributed by atoms with Crippen LogP contribution in [-0.4, -0.2) is 61.5 Å². The van der Waals surface area contributed by atoms with Crippen LogP contribution in [0.4, 0.5) is 15.9 Å². The number of carbonyl (C=O) groups is 1. The molecule has 1 aliphatic rings. The van der Waals surface area contributed by atoms with Crippen molar-refractivity contribution in [2.24, 2.45) is 0 Å². The van der Waals surface area contributed by atoms with Crippen molar-refractivity contribution in [3.8, 4) is 0 Å². The minimum absolute atomic E-state index is 0.0621. The number of nitrogens with zero attached hydrogens (tertiary/aromatic N) is 6. The zero-order valence-electron chi connectivity index (χ0n) is 16.0. The van der Waals surface area contributed by atoms with Gasteiger partial charge in [-0.25, -0.2) is 4.39 Å². The third-order valence-electron chi connectivity index (χ3n) is 4.97. The van der Waals surface area contributed by atoms with Crippen LogP contribution in [0.3, 0.4) is 0 Å². The predicted molar refractivity (Wildman–Crippen MR) is 104 cm³/mol. The summed E-state index contributed by atoms with van der Waals surface area (Å²) < 4.78 is 14.9.